The van der Waals surface area contributed by atoms with Crippen LogP contribution >= 0.6 is 0 Å². The van der Waals surface area contributed by atoms with E-state index in [2.05, 4.69) is 17.4 Å². The quantitative estimate of drug-likeness (QED) is 0.719. The Morgan fingerprint density at radius 2 is 2.17 bits per heavy atom. The summed E-state index contributed by atoms with van der Waals surface area (Å²) in [7, 11) is 3.66. The highest BCUT2D eigenvalue weighted by Gasteiger charge is 2.20. The van der Waals surface area contributed by atoms with Crippen molar-refractivity contribution >= 4 is 0 Å². The summed E-state index contributed by atoms with van der Waals surface area (Å²) in [6.45, 7) is 2.39. The van der Waals surface area contributed by atoms with E-state index in [9.17, 15) is 0 Å². The smallest absolute Gasteiger partial charge is 0.124 e. The van der Waals surface area contributed by atoms with E-state index in [1.165, 1.54) is 24.8 Å². The van der Waals surface area contributed by atoms with E-state index in [0.717, 1.165) is 30.4 Å². The Kier molecular flexibility index (Phi) is 5.02. The van der Waals surface area contributed by atoms with Gasteiger partial charge in [0.25, 0.3) is 0 Å². The van der Waals surface area contributed by atoms with Gasteiger partial charge in [0, 0.05) is 18.7 Å². The minimum atomic E-state index is 0.646. The Morgan fingerprint density at radius 1 is 1.33 bits per heavy atom. The normalized spacial score (nSPS) is 14.8. The van der Waals surface area contributed by atoms with Crippen LogP contribution in [0.3, 0.4) is 0 Å². The van der Waals surface area contributed by atoms with Crippen molar-refractivity contribution in [2.24, 2.45) is 5.92 Å². The second-order valence-corrected chi connectivity index (χ2v) is 4.96. The molecule has 0 aromatic heterocycles. The molecule has 3 nitrogen and oxygen atoms in total. The van der Waals surface area contributed by atoms with Crippen molar-refractivity contribution in [3.63, 3.8) is 0 Å². The molecule has 1 aromatic rings. The van der Waals surface area contributed by atoms with Crippen LogP contribution in [0.15, 0.2) is 18.2 Å². The lowest BCUT2D eigenvalue weighted by atomic mass is 10.1. The largest absolute Gasteiger partial charge is 0.496 e. The van der Waals surface area contributed by atoms with Crippen LogP contribution in [0.25, 0.3) is 0 Å². The zero-order valence-electron chi connectivity index (χ0n) is 11.4. The van der Waals surface area contributed by atoms with Crippen LogP contribution in [0.4, 0.5) is 0 Å². The van der Waals surface area contributed by atoms with Crippen LogP contribution in [-0.2, 0) is 17.9 Å². The molecule has 1 aliphatic carbocycles. The monoisotopic (exact) mass is 249 g/mol. The molecule has 0 amide bonds. The van der Waals surface area contributed by atoms with Gasteiger partial charge in [-0.15, -0.1) is 0 Å². The molecule has 1 N–H and O–H groups in total. The maximum Gasteiger partial charge on any atom is 0.124 e. The number of methoxy groups -OCH3 is 1. The van der Waals surface area contributed by atoms with E-state index in [0.29, 0.717) is 6.61 Å². The number of hydrogen-bond acceptors (Lipinski definition) is 3. The maximum absolute atomic E-state index is 5.75. The summed E-state index contributed by atoms with van der Waals surface area (Å²) in [6, 6.07) is 6.27. The molecule has 0 saturated heterocycles. The molecule has 18 heavy (non-hydrogen) atoms. The van der Waals surface area contributed by atoms with E-state index < -0.39 is 0 Å². The summed E-state index contributed by atoms with van der Waals surface area (Å²) in [5, 5.41) is 3.16. The number of hydrogen-bond donors (Lipinski definition) is 1. The van der Waals surface area contributed by atoms with Gasteiger partial charge in [0.1, 0.15) is 5.75 Å². The molecule has 0 aliphatic heterocycles. The third-order valence-corrected chi connectivity index (χ3v) is 3.35. The Hall–Kier alpha value is -1.06. The van der Waals surface area contributed by atoms with E-state index in [1.807, 2.05) is 13.1 Å². The first-order valence-corrected chi connectivity index (χ1v) is 6.71. The molecule has 100 valence electrons. The number of rotatable bonds is 8. The maximum atomic E-state index is 5.75. The van der Waals surface area contributed by atoms with Crippen LogP contribution < -0.4 is 10.1 Å². The average molecular weight is 249 g/mol. The standard InChI is InChI=1S/C15H23NO2/c1-16-10-13-5-6-15(17-2)14(9-13)11-18-8-7-12-3-4-12/h5-6,9,12,16H,3-4,7-8,10-11H2,1-2H3. The van der Waals surface area contributed by atoms with Crippen molar-refractivity contribution in [1.29, 1.82) is 0 Å². The summed E-state index contributed by atoms with van der Waals surface area (Å²) < 4.78 is 11.1. The predicted molar refractivity (Wildman–Crippen MR) is 72.8 cm³/mol. The van der Waals surface area contributed by atoms with Gasteiger partial charge < -0.3 is 14.8 Å². The first-order chi connectivity index (χ1) is 8.83. The summed E-state index contributed by atoms with van der Waals surface area (Å²) in [6.07, 6.45) is 3.99. The van der Waals surface area contributed by atoms with Gasteiger partial charge in [-0.05, 0) is 37.1 Å². The molecule has 0 unspecified atom stereocenters. The molecule has 3 heteroatoms. The Balaban J connectivity index is 1.87. The highest BCUT2D eigenvalue weighted by Crippen LogP contribution is 2.32. The lowest BCUT2D eigenvalue weighted by molar-refractivity contribution is 0.113. The van der Waals surface area contributed by atoms with Gasteiger partial charge >= 0.3 is 0 Å². The van der Waals surface area contributed by atoms with Crippen LogP contribution in [0.5, 0.6) is 5.75 Å². The summed E-state index contributed by atoms with van der Waals surface area (Å²) >= 11 is 0. The lowest BCUT2D eigenvalue weighted by Crippen LogP contribution is -2.06. The minimum absolute atomic E-state index is 0.646. The lowest BCUT2D eigenvalue weighted by Gasteiger charge is -2.11. The van der Waals surface area contributed by atoms with Crippen molar-refractivity contribution in [3.8, 4) is 5.75 Å². The van der Waals surface area contributed by atoms with E-state index in [1.54, 1.807) is 7.11 Å². The summed E-state index contributed by atoms with van der Waals surface area (Å²) in [4.78, 5) is 0. The van der Waals surface area contributed by atoms with Gasteiger partial charge in [-0.3, -0.25) is 0 Å². The Bertz CT molecular complexity index is 375. The third-order valence-electron chi connectivity index (χ3n) is 3.35. The van der Waals surface area contributed by atoms with Gasteiger partial charge in [-0.25, -0.2) is 0 Å². The molecule has 1 aromatic carbocycles. The molecule has 1 aliphatic rings. The van der Waals surface area contributed by atoms with E-state index in [4.69, 9.17) is 9.47 Å². The number of benzene rings is 1. The second-order valence-electron chi connectivity index (χ2n) is 4.96. The summed E-state index contributed by atoms with van der Waals surface area (Å²) in [5.41, 5.74) is 2.40. The second kappa shape index (κ2) is 6.76. The molecular formula is C15H23NO2. The fourth-order valence-corrected chi connectivity index (χ4v) is 2.10. The number of nitrogens with one attached hydrogen (secondary N) is 1. The molecule has 0 radical (unpaired) electrons. The average Bonchev–Trinajstić information content (AvgIpc) is 3.19. The van der Waals surface area contributed by atoms with Crippen molar-refractivity contribution in [3.05, 3.63) is 29.3 Å². The first-order valence-electron chi connectivity index (χ1n) is 6.71. The SMILES string of the molecule is CNCc1ccc(OC)c(COCCC2CC2)c1. The highest BCUT2D eigenvalue weighted by molar-refractivity contribution is 5.36. The van der Waals surface area contributed by atoms with E-state index in [-0.39, 0.29) is 0 Å². The van der Waals surface area contributed by atoms with Crippen LogP contribution in [-0.4, -0.2) is 20.8 Å². The molecule has 2 rings (SSSR count). The van der Waals surface area contributed by atoms with Crippen molar-refractivity contribution in [1.82, 2.24) is 5.32 Å². The van der Waals surface area contributed by atoms with Gasteiger partial charge in [0.2, 0.25) is 0 Å². The van der Waals surface area contributed by atoms with Gasteiger partial charge in [-0.1, -0.05) is 18.9 Å². The third kappa shape index (κ3) is 4.00. The van der Waals surface area contributed by atoms with E-state index >= 15 is 0 Å². The fourth-order valence-electron chi connectivity index (χ4n) is 2.10. The molecule has 0 atom stereocenters. The number of ether oxygens (including phenoxy) is 2. The van der Waals surface area contributed by atoms with Crippen molar-refractivity contribution in [2.75, 3.05) is 20.8 Å². The van der Waals surface area contributed by atoms with Crippen molar-refractivity contribution in [2.45, 2.75) is 32.4 Å². The molecule has 0 bridgehead atoms. The topological polar surface area (TPSA) is 30.5 Å². The molecule has 0 heterocycles. The van der Waals surface area contributed by atoms with Gasteiger partial charge in [0.05, 0.1) is 13.7 Å². The Morgan fingerprint density at radius 3 is 2.83 bits per heavy atom. The van der Waals surface area contributed by atoms with Crippen LogP contribution in [0.1, 0.15) is 30.4 Å². The predicted octanol–water partition coefficient (Wildman–Crippen LogP) is 2.73. The van der Waals surface area contributed by atoms with Crippen LogP contribution in [0, 0.1) is 5.92 Å². The van der Waals surface area contributed by atoms with Gasteiger partial charge in [0.15, 0.2) is 0 Å². The molecule has 0 spiro atoms. The van der Waals surface area contributed by atoms with Crippen molar-refractivity contribution < 1.29 is 9.47 Å². The summed E-state index contributed by atoms with van der Waals surface area (Å²) in [5.74, 6) is 1.85. The first kappa shape index (κ1) is 13.4. The molecule has 1 saturated carbocycles. The zero-order chi connectivity index (χ0) is 12.8. The zero-order valence-corrected chi connectivity index (χ0v) is 11.4. The Labute approximate surface area is 109 Å². The van der Waals surface area contributed by atoms with Crippen LogP contribution in [0.2, 0.25) is 0 Å². The molecular weight excluding hydrogens is 226 g/mol. The molecule has 1 fully saturated rings. The highest BCUT2D eigenvalue weighted by atomic mass is 16.5. The fraction of sp³-hybridized carbons (Fsp3) is 0.600. The minimum Gasteiger partial charge on any atom is -0.496 e. The van der Waals surface area contributed by atoms with Gasteiger partial charge in [-0.2, -0.15) is 0 Å².